The van der Waals surface area contributed by atoms with Gasteiger partial charge in [0.15, 0.2) is 5.96 Å². The van der Waals surface area contributed by atoms with E-state index in [1.165, 1.54) is 5.56 Å². The Hall–Kier alpha value is -1.66. The largest absolute Gasteiger partial charge is 0.381 e. The fraction of sp³-hybridized carbons (Fsp3) is 0.667. The first-order valence-corrected chi connectivity index (χ1v) is 10.2. The number of aliphatic imine (C=N–C) groups is 1. The smallest absolute Gasteiger partial charge is 0.191 e. The molecule has 27 heavy (non-hydrogen) atoms. The molecular weight excluding hydrogens is 345 g/mol. The quantitative estimate of drug-likeness (QED) is 0.374. The zero-order chi connectivity index (χ0) is 19.0. The Morgan fingerprint density at radius 2 is 2.11 bits per heavy atom. The summed E-state index contributed by atoms with van der Waals surface area (Å²) in [6.07, 6.45) is 4.28. The minimum Gasteiger partial charge on any atom is -0.381 e. The number of hydrogen-bond acceptors (Lipinski definition) is 3. The second-order valence-electron chi connectivity index (χ2n) is 7.57. The molecule has 1 aromatic rings. The predicted molar refractivity (Wildman–Crippen MR) is 106 cm³/mol. The average molecular weight is 378 g/mol. The number of halogens is 1. The molecule has 1 saturated carbocycles. The van der Waals surface area contributed by atoms with Crippen molar-refractivity contribution in [1.82, 2.24) is 10.6 Å². The summed E-state index contributed by atoms with van der Waals surface area (Å²) in [6.45, 7) is 7.71. The Bertz CT molecular complexity index is 596. The van der Waals surface area contributed by atoms with Crippen molar-refractivity contribution in [2.45, 2.75) is 38.0 Å². The molecule has 1 saturated heterocycles. The van der Waals surface area contributed by atoms with Crippen LogP contribution in [0.25, 0.3) is 0 Å². The van der Waals surface area contributed by atoms with E-state index in [4.69, 9.17) is 14.5 Å². The van der Waals surface area contributed by atoms with Crippen molar-refractivity contribution < 1.29 is 13.9 Å². The van der Waals surface area contributed by atoms with Crippen LogP contribution in [0.5, 0.6) is 0 Å². The van der Waals surface area contributed by atoms with Crippen molar-refractivity contribution in [3.05, 3.63) is 35.6 Å². The third-order valence-corrected chi connectivity index (χ3v) is 5.33. The van der Waals surface area contributed by atoms with Gasteiger partial charge in [-0.25, -0.2) is 4.39 Å². The van der Waals surface area contributed by atoms with E-state index in [0.29, 0.717) is 5.92 Å². The van der Waals surface area contributed by atoms with Gasteiger partial charge in [-0.15, -0.1) is 0 Å². The molecule has 3 rings (SSSR count). The highest BCUT2D eigenvalue weighted by Crippen LogP contribution is 2.48. The molecule has 0 amide bonds. The second kappa shape index (κ2) is 10.0. The van der Waals surface area contributed by atoms with Crippen LogP contribution < -0.4 is 10.6 Å². The van der Waals surface area contributed by atoms with E-state index >= 15 is 0 Å². The fourth-order valence-electron chi connectivity index (χ4n) is 3.41. The molecular formula is C21H32FN3O2. The van der Waals surface area contributed by atoms with Gasteiger partial charge in [0, 0.05) is 37.6 Å². The van der Waals surface area contributed by atoms with Gasteiger partial charge in [-0.3, -0.25) is 4.99 Å². The molecule has 1 aliphatic carbocycles. The molecule has 1 atom stereocenters. The summed E-state index contributed by atoms with van der Waals surface area (Å²) in [5.74, 6) is 1.23. The summed E-state index contributed by atoms with van der Waals surface area (Å²) in [5, 5.41) is 6.69. The van der Waals surface area contributed by atoms with Crippen molar-refractivity contribution >= 4 is 5.96 Å². The maximum atomic E-state index is 13.2. The van der Waals surface area contributed by atoms with Crippen LogP contribution in [0.4, 0.5) is 4.39 Å². The van der Waals surface area contributed by atoms with E-state index < -0.39 is 0 Å². The molecule has 0 radical (unpaired) electrons. The molecule has 2 aliphatic rings. The number of ether oxygens (including phenoxy) is 2. The number of nitrogens with one attached hydrogen (secondary N) is 2. The zero-order valence-electron chi connectivity index (χ0n) is 16.3. The summed E-state index contributed by atoms with van der Waals surface area (Å²) in [7, 11) is 0. The van der Waals surface area contributed by atoms with E-state index in [-0.39, 0.29) is 11.2 Å². The summed E-state index contributed by atoms with van der Waals surface area (Å²) in [5.41, 5.74) is 1.27. The molecule has 1 aromatic carbocycles. The van der Waals surface area contributed by atoms with Crippen molar-refractivity contribution in [3.8, 4) is 0 Å². The lowest BCUT2D eigenvalue weighted by Crippen LogP contribution is -2.38. The molecule has 0 aromatic heterocycles. The topological polar surface area (TPSA) is 54.9 Å². The van der Waals surface area contributed by atoms with Gasteiger partial charge in [0.05, 0.1) is 19.8 Å². The number of nitrogens with zero attached hydrogens (tertiary/aromatic N) is 1. The lowest BCUT2D eigenvalue weighted by atomic mass is 9.96. The van der Waals surface area contributed by atoms with Crippen LogP contribution in [0.1, 0.15) is 38.2 Å². The number of guanidine groups is 1. The second-order valence-corrected chi connectivity index (χ2v) is 7.57. The van der Waals surface area contributed by atoms with Gasteiger partial charge in [0.2, 0.25) is 0 Å². The van der Waals surface area contributed by atoms with Crippen LogP contribution >= 0.6 is 0 Å². The molecule has 1 aliphatic heterocycles. The first-order chi connectivity index (χ1) is 13.2. The van der Waals surface area contributed by atoms with Gasteiger partial charge in [-0.2, -0.15) is 0 Å². The minimum absolute atomic E-state index is 0.0858. The van der Waals surface area contributed by atoms with E-state index in [2.05, 4.69) is 17.6 Å². The van der Waals surface area contributed by atoms with E-state index in [1.807, 2.05) is 12.1 Å². The summed E-state index contributed by atoms with van der Waals surface area (Å²) < 4.78 is 24.3. The summed E-state index contributed by atoms with van der Waals surface area (Å²) >= 11 is 0. The zero-order valence-corrected chi connectivity index (χ0v) is 16.3. The van der Waals surface area contributed by atoms with E-state index in [1.54, 1.807) is 12.1 Å². The average Bonchev–Trinajstić information content (AvgIpc) is 3.28. The van der Waals surface area contributed by atoms with Crippen molar-refractivity contribution in [2.24, 2.45) is 10.9 Å². The first kappa shape index (κ1) is 20.1. The number of hydrogen-bond donors (Lipinski definition) is 2. The SMILES string of the molecule is CCNC(=NCC1(c2ccc(F)cc2)CC1)NCCCOCC1CCOC1. The van der Waals surface area contributed by atoms with Crippen LogP contribution in [-0.2, 0) is 14.9 Å². The Labute approximate surface area is 161 Å². The predicted octanol–water partition coefficient (Wildman–Crippen LogP) is 2.86. The van der Waals surface area contributed by atoms with Gasteiger partial charge < -0.3 is 20.1 Å². The monoisotopic (exact) mass is 377 g/mol. The van der Waals surface area contributed by atoms with E-state index in [0.717, 1.165) is 77.7 Å². The van der Waals surface area contributed by atoms with Crippen LogP contribution in [0.3, 0.4) is 0 Å². The molecule has 2 N–H and O–H groups in total. The molecule has 5 nitrogen and oxygen atoms in total. The van der Waals surface area contributed by atoms with Gasteiger partial charge in [-0.05, 0) is 50.3 Å². The molecule has 2 fully saturated rings. The van der Waals surface area contributed by atoms with Crippen molar-refractivity contribution in [2.75, 3.05) is 46.1 Å². The lowest BCUT2D eigenvalue weighted by molar-refractivity contribution is 0.0888. The molecule has 0 spiro atoms. The van der Waals surface area contributed by atoms with Gasteiger partial charge in [-0.1, -0.05) is 12.1 Å². The Balaban J connectivity index is 1.39. The highest BCUT2D eigenvalue weighted by atomic mass is 19.1. The minimum atomic E-state index is -0.185. The highest BCUT2D eigenvalue weighted by molar-refractivity contribution is 5.79. The molecule has 1 heterocycles. The molecule has 6 heteroatoms. The van der Waals surface area contributed by atoms with Gasteiger partial charge in [0.25, 0.3) is 0 Å². The summed E-state index contributed by atoms with van der Waals surface area (Å²) in [4.78, 5) is 4.77. The van der Waals surface area contributed by atoms with Gasteiger partial charge >= 0.3 is 0 Å². The Morgan fingerprint density at radius 3 is 2.78 bits per heavy atom. The Morgan fingerprint density at radius 1 is 1.30 bits per heavy atom. The van der Waals surface area contributed by atoms with Crippen LogP contribution in [0.15, 0.2) is 29.3 Å². The Kier molecular flexibility index (Phi) is 7.47. The number of rotatable bonds is 10. The molecule has 1 unspecified atom stereocenters. The van der Waals surface area contributed by atoms with Crippen LogP contribution in [0.2, 0.25) is 0 Å². The van der Waals surface area contributed by atoms with Crippen LogP contribution in [-0.4, -0.2) is 52.0 Å². The van der Waals surface area contributed by atoms with Crippen molar-refractivity contribution in [1.29, 1.82) is 0 Å². The van der Waals surface area contributed by atoms with Crippen LogP contribution in [0, 0.1) is 11.7 Å². The maximum absolute atomic E-state index is 13.2. The molecule has 0 bridgehead atoms. The van der Waals surface area contributed by atoms with E-state index in [9.17, 15) is 4.39 Å². The van der Waals surface area contributed by atoms with Gasteiger partial charge in [0.1, 0.15) is 5.82 Å². The first-order valence-electron chi connectivity index (χ1n) is 10.2. The normalized spacial score (nSPS) is 21.3. The standard InChI is InChI=1S/C21H32FN3O2/c1-2-23-20(24-11-3-12-26-14-17-8-13-27-15-17)25-16-21(9-10-21)18-4-6-19(22)7-5-18/h4-7,17H,2-3,8-16H2,1H3,(H2,23,24,25). The lowest BCUT2D eigenvalue weighted by Gasteiger charge is -2.16. The fourth-order valence-corrected chi connectivity index (χ4v) is 3.41. The number of benzene rings is 1. The summed E-state index contributed by atoms with van der Waals surface area (Å²) in [6, 6.07) is 6.87. The van der Waals surface area contributed by atoms with Crippen molar-refractivity contribution in [3.63, 3.8) is 0 Å². The highest BCUT2D eigenvalue weighted by Gasteiger charge is 2.44. The molecule has 150 valence electrons. The third-order valence-electron chi connectivity index (χ3n) is 5.33. The third kappa shape index (κ3) is 6.18. The maximum Gasteiger partial charge on any atom is 0.191 e.